The summed E-state index contributed by atoms with van der Waals surface area (Å²) in [6, 6.07) is 39.1. The molecule has 0 bridgehead atoms. The summed E-state index contributed by atoms with van der Waals surface area (Å²) in [6.07, 6.45) is 4.14. The molecule has 0 heterocycles. The Balaban J connectivity index is 1.38. The van der Waals surface area contributed by atoms with Crippen LogP contribution in [0, 0.1) is 13.8 Å². The van der Waals surface area contributed by atoms with E-state index in [0.29, 0.717) is 17.2 Å². The van der Waals surface area contributed by atoms with Crippen LogP contribution >= 0.6 is 0 Å². The third-order valence-electron chi connectivity index (χ3n) is 9.44. The van der Waals surface area contributed by atoms with E-state index < -0.39 is 28.5 Å². The van der Waals surface area contributed by atoms with Crippen molar-refractivity contribution in [2.24, 2.45) is 0 Å². The number of rotatable bonds is 14. The molecule has 268 valence electrons. The van der Waals surface area contributed by atoms with Crippen LogP contribution in [0.3, 0.4) is 0 Å². The molecule has 1 aliphatic carbocycles. The third-order valence-corrected chi connectivity index (χ3v) is 11.2. The topological polar surface area (TPSA) is 96.0 Å². The third kappa shape index (κ3) is 9.27. The molecule has 1 aliphatic rings. The van der Waals surface area contributed by atoms with Gasteiger partial charge >= 0.3 is 0 Å². The molecular formula is C43H45N3O5S. The molecule has 1 N–H and O–H groups in total. The van der Waals surface area contributed by atoms with Gasteiger partial charge in [0.05, 0.1) is 10.6 Å². The summed E-state index contributed by atoms with van der Waals surface area (Å²) in [5, 5.41) is 3.22. The minimum atomic E-state index is -4.23. The van der Waals surface area contributed by atoms with Gasteiger partial charge in [-0.25, -0.2) is 8.42 Å². The van der Waals surface area contributed by atoms with Crippen LogP contribution in [0.1, 0.15) is 47.9 Å². The molecule has 1 atom stereocenters. The maximum atomic E-state index is 14.8. The van der Waals surface area contributed by atoms with Crippen molar-refractivity contribution in [2.45, 2.75) is 69.5 Å². The number of sulfonamides is 1. The van der Waals surface area contributed by atoms with Crippen molar-refractivity contribution >= 4 is 27.5 Å². The number of benzene rings is 5. The second-order valence-corrected chi connectivity index (χ2v) is 15.3. The second kappa shape index (κ2) is 16.7. The molecule has 0 aromatic heterocycles. The quantitative estimate of drug-likeness (QED) is 0.126. The minimum absolute atomic E-state index is 0.0390. The van der Waals surface area contributed by atoms with Crippen LogP contribution in [0.4, 0.5) is 5.69 Å². The van der Waals surface area contributed by atoms with Gasteiger partial charge in [0.2, 0.25) is 11.8 Å². The number of nitrogens with one attached hydrogen (secondary N) is 1. The number of hydrogen-bond acceptors (Lipinski definition) is 5. The molecule has 0 spiro atoms. The maximum Gasteiger partial charge on any atom is 0.264 e. The molecule has 1 unspecified atom stereocenters. The zero-order valence-electron chi connectivity index (χ0n) is 29.7. The molecule has 1 saturated carbocycles. The normalized spacial score (nSPS) is 13.7. The number of hydrogen-bond donors (Lipinski definition) is 1. The molecule has 8 nitrogen and oxygen atoms in total. The van der Waals surface area contributed by atoms with Crippen molar-refractivity contribution in [1.29, 1.82) is 0 Å². The zero-order chi connectivity index (χ0) is 36.5. The van der Waals surface area contributed by atoms with Crippen LogP contribution in [0.25, 0.3) is 0 Å². The standard InChI is InChI=1S/C43H45N3O5S/c1-32-17-21-35(22-18-32)30-45(41(29-34-11-5-3-6-12-34)43(48)44-36-13-9-10-14-36)42(47)31-46(52(49,50)40-27-19-33(2)20-28-40)37-23-25-39(26-24-37)51-38-15-7-4-8-16-38/h3-8,11-12,15-28,36,41H,9-10,13-14,29-31H2,1-2H3,(H,44,48). The Kier molecular flexibility index (Phi) is 11.7. The fourth-order valence-corrected chi connectivity index (χ4v) is 7.90. The van der Waals surface area contributed by atoms with Crippen molar-refractivity contribution in [2.75, 3.05) is 10.8 Å². The first-order valence-electron chi connectivity index (χ1n) is 17.8. The van der Waals surface area contributed by atoms with Crippen molar-refractivity contribution in [3.8, 4) is 11.5 Å². The molecule has 2 amide bonds. The molecule has 5 aromatic rings. The van der Waals surface area contributed by atoms with Crippen LogP contribution < -0.4 is 14.4 Å². The summed E-state index contributed by atoms with van der Waals surface area (Å²) < 4.78 is 36.0. The van der Waals surface area contributed by atoms with E-state index in [0.717, 1.165) is 52.2 Å². The van der Waals surface area contributed by atoms with Gasteiger partial charge in [0.15, 0.2) is 0 Å². The van der Waals surface area contributed by atoms with Crippen LogP contribution in [0.15, 0.2) is 138 Å². The molecule has 9 heteroatoms. The number of amides is 2. The van der Waals surface area contributed by atoms with Crippen LogP contribution in [0.2, 0.25) is 0 Å². The molecule has 0 saturated heterocycles. The monoisotopic (exact) mass is 715 g/mol. The lowest BCUT2D eigenvalue weighted by Crippen LogP contribution is -2.54. The van der Waals surface area contributed by atoms with Gasteiger partial charge in [0.25, 0.3) is 10.0 Å². The Morgan fingerprint density at radius 2 is 1.27 bits per heavy atom. The van der Waals surface area contributed by atoms with Gasteiger partial charge in [0.1, 0.15) is 24.1 Å². The number of carbonyl (C=O) groups is 2. The molecule has 6 rings (SSSR count). The van der Waals surface area contributed by atoms with Gasteiger partial charge in [-0.15, -0.1) is 0 Å². The van der Waals surface area contributed by atoms with Gasteiger partial charge < -0.3 is 15.0 Å². The minimum Gasteiger partial charge on any atom is -0.457 e. The Morgan fingerprint density at radius 1 is 0.712 bits per heavy atom. The first kappa shape index (κ1) is 36.4. The molecule has 1 fully saturated rings. The summed E-state index contributed by atoms with van der Waals surface area (Å²) in [6.45, 7) is 3.47. The Bertz CT molecular complexity index is 2030. The lowest BCUT2D eigenvalue weighted by atomic mass is 10.0. The van der Waals surface area contributed by atoms with Crippen LogP contribution in [-0.2, 0) is 32.6 Å². The number of anilines is 1. The number of para-hydroxylation sites is 1. The number of carbonyl (C=O) groups excluding carboxylic acids is 2. The van der Waals surface area contributed by atoms with Crippen molar-refractivity contribution in [3.05, 3.63) is 156 Å². The highest BCUT2D eigenvalue weighted by Gasteiger charge is 2.35. The first-order valence-corrected chi connectivity index (χ1v) is 19.2. The van der Waals surface area contributed by atoms with E-state index in [1.54, 1.807) is 53.4 Å². The molecule has 5 aromatic carbocycles. The summed E-state index contributed by atoms with van der Waals surface area (Å²) in [5.41, 5.74) is 4.00. The van der Waals surface area contributed by atoms with E-state index in [9.17, 15) is 18.0 Å². The fraction of sp³-hybridized carbons (Fsp3) is 0.256. The van der Waals surface area contributed by atoms with Crippen molar-refractivity contribution in [3.63, 3.8) is 0 Å². The summed E-state index contributed by atoms with van der Waals surface area (Å²) in [4.78, 5) is 30.7. The maximum absolute atomic E-state index is 14.8. The predicted octanol–water partition coefficient (Wildman–Crippen LogP) is 7.99. The molecule has 0 radical (unpaired) electrons. The van der Waals surface area contributed by atoms with E-state index in [1.807, 2.05) is 98.8 Å². The first-order chi connectivity index (χ1) is 25.2. The largest absolute Gasteiger partial charge is 0.457 e. The number of nitrogens with zero attached hydrogens (tertiary/aromatic N) is 2. The van der Waals surface area contributed by atoms with Crippen LogP contribution in [-0.4, -0.2) is 43.8 Å². The Labute approximate surface area is 307 Å². The lowest BCUT2D eigenvalue weighted by Gasteiger charge is -2.34. The van der Waals surface area contributed by atoms with Gasteiger partial charge in [-0.1, -0.05) is 109 Å². The fourth-order valence-electron chi connectivity index (χ4n) is 6.48. The van der Waals surface area contributed by atoms with Gasteiger partial charge in [0, 0.05) is 19.0 Å². The summed E-state index contributed by atoms with van der Waals surface area (Å²) in [5.74, 6) is 0.415. The van der Waals surface area contributed by atoms with Crippen molar-refractivity contribution < 1.29 is 22.7 Å². The smallest absolute Gasteiger partial charge is 0.264 e. The van der Waals surface area contributed by atoms with E-state index >= 15 is 0 Å². The van der Waals surface area contributed by atoms with E-state index in [1.165, 1.54) is 0 Å². The van der Waals surface area contributed by atoms with E-state index in [4.69, 9.17) is 4.74 Å². The average molecular weight is 716 g/mol. The van der Waals surface area contributed by atoms with Gasteiger partial charge in [-0.3, -0.25) is 13.9 Å². The second-order valence-electron chi connectivity index (χ2n) is 13.4. The van der Waals surface area contributed by atoms with Crippen LogP contribution in [0.5, 0.6) is 11.5 Å². The molecular weight excluding hydrogens is 671 g/mol. The zero-order valence-corrected chi connectivity index (χ0v) is 30.5. The van der Waals surface area contributed by atoms with Gasteiger partial charge in [-0.2, -0.15) is 0 Å². The highest BCUT2D eigenvalue weighted by Crippen LogP contribution is 2.29. The number of ether oxygens (including phenoxy) is 1. The Morgan fingerprint density at radius 3 is 1.88 bits per heavy atom. The lowest BCUT2D eigenvalue weighted by molar-refractivity contribution is -0.140. The Hall–Kier alpha value is -5.41. The predicted molar refractivity (Wildman–Crippen MR) is 205 cm³/mol. The average Bonchev–Trinajstić information content (AvgIpc) is 3.67. The van der Waals surface area contributed by atoms with E-state index in [2.05, 4.69) is 5.32 Å². The highest BCUT2D eigenvalue weighted by molar-refractivity contribution is 7.92. The summed E-state index contributed by atoms with van der Waals surface area (Å²) >= 11 is 0. The number of aryl methyl sites for hydroxylation is 2. The SMILES string of the molecule is Cc1ccc(CN(C(=O)CN(c2ccc(Oc3ccccc3)cc2)S(=O)(=O)c2ccc(C)cc2)C(Cc2ccccc2)C(=O)NC2CCCC2)cc1. The van der Waals surface area contributed by atoms with Gasteiger partial charge in [-0.05, 0) is 86.3 Å². The molecule has 52 heavy (non-hydrogen) atoms. The molecule has 0 aliphatic heterocycles. The van der Waals surface area contributed by atoms with Crippen molar-refractivity contribution in [1.82, 2.24) is 10.2 Å². The van der Waals surface area contributed by atoms with E-state index in [-0.39, 0.29) is 29.8 Å². The summed E-state index contributed by atoms with van der Waals surface area (Å²) in [7, 11) is -4.23. The highest BCUT2D eigenvalue weighted by atomic mass is 32.2.